The van der Waals surface area contributed by atoms with Gasteiger partial charge in [0.05, 0.1) is 5.52 Å². The fourth-order valence-corrected chi connectivity index (χ4v) is 2.37. The van der Waals surface area contributed by atoms with Crippen molar-refractivity contribution in [2.75, 3.05) is 11.6 Å². The minimum atomic E-state index is -0.307. The van der Waals surface area contributed by atoms with Crippen molar-refractivity contribution >= 4 is 16.7 Å². The Morgan fingerprint density at radius 3 is 2.80 bits per heavy atom. The maximum absolute atomic E-state index is 14.0. The summed E-state index contributed by atoms with van der Waals surface area (Å²) in [6.07, 6.45) is 4.48. The Kier molecular flexibility index (Phi) is 3.37. The van der Waals surface area contributed by atoms with Crippen LogP contribution in [0.3, 0.4) is 0 Å². The van der Waals surface area contributed by atoms with E-state index in [-0.39, 0.29) is 5.82 Å². The summed E-state index contributed by atoms with van der Waals surface area (Å²) in [6.45, 7) is 2.77. The first kappa shape index (κ1) is 12.7. The maximum Gasteiger partial charge on any atom is 0.184 e. The van der Waals surface area contributed by atoms with Crippen molar-refractivity contribution in [1.29, 1.82) is 0 Å². The Morgan fingerprint density at radius 2 is 2.00 bits per heavy atom. The van der Waals surface area contributed by atoms with Gasteiger partial charge < -0.3 is 0 Å². The summed E-state index contributed by atoms with van der Waals surface area (Å²) in [4.78, 5) is 4.19. The SMILES string of the molecule is CCCN(c1ncccc1F)n1ccc2ccccc21. The number of benzene rings is 1. The van der Waals surface area contributed by atoms with Gasteiger partial charge in [-0.1, -0.05) is 25.1 Å². The van der Waals surface area contributed by atoms with Crippen LogP contribution in [0.15, 0.2) is 54.9 Å². The summed E-state index contributed by atoms with van der Waals surface area (Å²) < 4.78 is 16.0. The second-order valence-electron chi connectivity index (χ2n) is 4.65. The van der Waals surface area contributed by atoms with E-state index in [1.165, 1.54) is 6.07 Å². The minimum Gasteiger partial charge on any atom is -0.262 e. The number of anilines is 1. The number of aromatic nitrogens is 2. The average molecular weight is 269 g/mol. The summed E-state index contributed by atoms with van der Waals surface area (Å²) in [6, 6.07) is 13.1. The van der Waals surface area contributed by atoms with Crippen LogP contribution in [0.5, 0.6) is 0 Å². The lowest BCUT2D eigenvalue weighted by molar-refractivity contribution is 0.591. The first-order valence-electron chi connectivity index (χ1n) is 6.75. The van der Waals surface area contributed by atoms with Gasteiger partial charge in [-0.15, -0.1) is 0 Å². The molecule has 102 valence electrons. The van der Waals surface area contributed by atoms with E-state index in [2.05, 4.69) is 11.9 Å². The normalized spacial score (nSPS) is 10.9. The largest absolute Gasteiger partial charge is 0.262 e. The highest BCUT2D eigenvalue weighted by molar-refractivity contribution is 5.80. The number of hydrogen-bond acceptors (Lipinski definition) is 2. The number of nitrogens with zero attached hydrogens (tertiary/aromatic N) is 3. The van der Waals surface area contributed by atoms with Crippen LogP contribution in [0.1, 0.15) is 13.3 Å². The van der Waals surface area contributed by atoms with Gasteiger partial charge in [0, 0.05) is 24.3 Å². The van der Waals surface area contributed by atoms with E-state index >= 15 is 0 Å². The second kappa shape index (κ2) is 5.33. The van der Waals surface area contributed by atoms with E-state index in [0.717, 1.165) is 17.3 Å². The van der Waals surface area contributed by atoms with Crippen molar-refractivity contribution in [1.82, 2.24) is 9.66 Å². The Bertz CT molecular complexity index is 720. The average Bonchev–Trinajstić information content (AvgIpc) is 2.90. The summed E-state index contributed by atoms with van der Waals surface area (Å²) >= 11 is 0. The molecule has 0 spiro atoms. The Morgan fingerprint density at radius 1 is 1.15 bits per heavy atom. The van der Waals surface area contributed by atoms with Crippen LogP contribution in [-0.4, -0.2) is 16.2 Å². The van der Waals surface area contributed by atoms with Crippen molar-refractivity contribution in [2.24, 2.45) is 0 Å². The van der Waals surface area contributed by atoms with Gasteiger partial charge in [0.25, 0.3) is 0 Å². The summed E-state index contributed by atoms with van der Waals surface area (Å²) in [5.74, 6) is 0.0504. The zero-order chi connectivity index (χ0) is 13.9. The van der Waals surface area contributed by atoms with Crippen LogP contribution in [0.4, 0.5) is 10.2 Å². The van der Waals surface area contributed by atoms with Crippen LogP contribution in [0.25, 0.3) is 10.9 Å². The molecule has 1 aromatic carbocycles. The van der Waals surface area contributed by atoms with Crippen LogP contribution in [0.2, 0.25) is 0 Å². The van der Waals surface area contributed by atoms with Gasteiger partial charge in [-0.05, 0) is 30.7 Å². The second-order valence-corrected chi connectivity index (χ2v) is 4.65. The van der Waals surface area contributed by atoms with Crippen LogP contribution in [0, 0.1) is 5.82 Å². The summed E-state index contributed by atoms with van der Waals surface area (Å²) in [5, 5.41) is 3.00. The zero-order valence-corrected chi connectivity index (χ0v) is 11.3. The van der Waals surface area contributed by atoms with Crippen molar-refractivity contribution in [3.63, 3.8) is 0 Å². The number of rotatable bonds is 4. The topological polar surface area (TPSA) is 21.1 Å². The Hall–Kier alpha value is -2.36. The maximum atomic E-state index is 14.0. The first-order valence-corrected chi connectivity index (χ1v) is 6.75. The molecule has 2 heterocycles. The molecular weight excluding hydrogens is 253 g/mol. The fraction of sp³-hybridized carbons (Fsp3) is 0.188. The first-order chi connectivity index (χ1) is 9.81. The van der Waals surface area contributed by atoms with Gasteiger partial charge in [-0.2, -0.15) is 0 Å². The van der Waals surface area contributed by atoms with E-state index in [1.54, 1.807) is 12.3 Å². The molecule has 3 aromatic rings. The summed E-state index contributed by atoms with van der Waals surface area (Å²) in [5.41, 5.74) is 1.05. The molecule has 0 fully saturated rings. The molecule has 0 N–H and O–H groups in total. The van der Waals surface area contributed by atoms with E-state index in [9.17, 15) is 4.39 Å². The van der Waals surface area contributed by atoms with Gasteiger partial charge in [0.15, 0.2) is 11.6 Å². The number of fused-ring (bicyclic) bond motifs is 1. The highest BCUT2D eigenvalue weighted by atomic mass is 19.1. The van der Waals surface area contributed by atoms with E-state index in [0.29, 0.717) is 12.4 Å². The van der Waals surface area contributed by atoms with Crippen molar-refractivity contribution in [3.8, 4) is 0 Å². The van der Waals surface area contributed by atoms with Gasteiger partial charge >= 0.3 is 0 Å². The quantitative estimate of drug-likeness (QED) is 0.717. The predicted molar refractivity (Wildman–Crippen MR) is 79.2 cm³/mol. The zero-order valence-electron chi connectivity index (χ0n) is 11.3. The van der Waals surface area contributed by atoms with Crippen LogP contribution < -0.4 is 5.01 Å². The summed E-state index contributed by atoms with van der Waals surface area (Å²) in [7, 11) is 0. The molecule has 0 radical (unpaired) electrons. The molecule has 3 nitrogen and oxygen atoms in total. The third-order valence-corrected chi connectivity index (χ3v) is 3.26. The highest BCUT2D eigenvalue weighted by Crippen LogP contribution is 2.22. The molecule has 20 heavy (non-hydrogen) atoms. The van der Waals surface area contributed by atoms with E-state index in [1.807, 2.05) is 46.2 Å². The van der Waals surface area contributed by atoms with Crippen LogP contribution >= 0.6 is 0 Å². The van der Waals surface area contributed by atoms with Crippen molar-refractivity contribution in [2.45, 2.75) is 13.3 Å². The van der Waals surface area contributed by atoms with Gasteiger partial charge in [-0.3, -0.25) is 9.69 Å². The van der Waals surface area contributed by atoms with Gasteiger partial charge in [0.2, 0.25) is 0 Å². The molecule has 0 saturated carbocycles. The molecule has 0 aliphatic heterocycles. The number of pyridine rings is 1. The third-order valence-electron chi connectivity index (χ3n) is 3.26. The van der Waals surface area contributed by atoms with Crippen molar-refractivity contribution in [3.05, 3.63) is 60.7 Å². The number of halogens is 1. The molecule has 0 atom stereocenters. The lowest BCUT2D eigenvalue weighted by atomic mass is 10.2. The highest BCUT2D eigenvalue weighted by Gasteiger charge is 2.15. The minimum absolute atomic E-state index is 0.307. The number of hydrogen-bond donors (Lipinski definition) is 0. The third kappa shape index (κ3) is 2.13. The molecule has 0 amide bonds. The Labute approximate surface area is 117 Å². The lowest BCUT2D eigenvalue weighted by Crippen LogP contribution is -2.31. The monoisotopic (exact) mass is 269 g/mol. The molecule has 0 aliphatic carbocycles. The van der Waals surface area contributed by atoms with Gasteiger partial charge in [0.1, 0.15) is 0 Å². The smallest absolute Gasteiger partial charge is 0.184 e. The molecule has 0 unspecified atom stereocenters. The molecule has 0 saturated heterocycles. The standard InChI is InChI=1S/C16H16FN3/c1-2-11-20(16-14(17)7-5-10-18-16)19-12-9-13-6-3-4-8-15(13)19/h3-10,12H,2,11H2,1H3. The molecule has 4 heteroatoms. The Balaban J connectivity index is 2.14. The molecule has 0 bridgehead atoms. The van der Waals surface area contributed by atoms with E-state index in [4.69, 9.17) is 0 Å². The molecule has 0 aliphatic rings. The van der Waals surface area contributed by atoms with Crippen LogP contribution in [-0.2, 0) is 0 Å². The predicted octanol–water partition coefficient (Wildman–Crippen LogP) is 3.86. The number of para-hydroxylation sites is 1. The molecule has 2 aromatic heterocycles. The van der Waals surface area contributed by atoms with Gasteiger partial charge in [-0.25, -0.2) is 9.37 Å². The molecule has 3 rings (SSSR count). The fourth-order valence-electron chi connectivity index (χ4n) is 2.37. The molecular formula is C16H16FN3. The van der Waals surface area contributed by atoms with E-state index < -0.39 is 0 Å². The lowest BCUT2D eigenvalue weighted by Gasteiger charge is -2.25. The van der Waals surface area contributed by atoms with Crippen molar-refractivity contribution < 1.29 is 4.39 Å².